The molecule has 1 aromatic rings. The van der Waals surface area contributed by atoms with Crippen molar-refractivity contribution in [1.29, 1.82) is 0 Å². The highest BCUT2D eigenvalue weighted by Gasteiger charge is 2.17. The van der Waals surface area contributed by atoms with Gasteiger partial charge in [-0.15, -0.1) is 0 Å². The van der Waals surface area contributed by atoms with Crippen molar-refractivity contribution in [3.63, 3.8) is 0 Å². The Morgan fingerprint density at radius 3 is 2.78 bits per heavy atom. The monoisotopic (exact) mass is 267 g/mol. The van der Waals surface area contributed by atoms with Crippen LogP contribution < -0.4 is 4.90 Å². The molecule has 5 heteroatoms. The average molecular weight is 267 g/mol. The summed E-state index contributed by atoms with van der Waals surface area (Å²) in [5, 5.41) is 0. The average Bonchev–Trinajstić information content (AvgIpc) is 2.31. The molecule has 18 heavy (non-hydrogen) atoms. The van der Waals surface area contributed by atoms with Crippen LogP contribution in [0.4, 0.5) is 5.69 Å². The Balaban J connectivity index is 2.08. The van der Waals surface area contributed by atoms with Gasteiger partial charge in [0.15, 0.2) is 0 Å². The molecule has 0 spiro atoms. The van der Waals surface area contributed by atoms with E-state index in [9.17, 15) is 8.42 Å². The van der Waals surface area contributed by atoms with Gasteiger partial charge in [0.25, 0.3) is 10.1 Å². The van der Waals surface area contributed by atoms with E-state index in [-0.39, 0.29) is 5.75 Å². The summed E-state index contributed by atoms with van der Waals surface area (Å²) < 4.78 is 30.1. The number of hydrogen-bond acceptors (Lipinski definition) is 3. The van der Waals surface area contributed by atoms with Crippen LogP contribution in [0, 0.1) is 0 Å². The number of anilines is 1. The molecule has 0 amide bonds. The normalized spacial score (nSPS) is 18.8. The zero-order valence-electron chi connectivity index (χ0n) is 10.3. The molecule has 1 N–H and O–H groups in total. The molecule has 0 aliphatic carbocycles. The Hall–Kier alpha value is -1.33. The maximum absolute atomic E-state index is 10.7. The van der Waals surface area contributed by atoms with Crippen molar-refractivity contribution in [3.05, 3.63) is 42.1 Å². The van der Waals surface area contributed by atoms with Crippen LogP contribution in [0.25, 0.3) is 0 Å². The van der Waals surface area contributed by atoms with Crippen LogP contribution >= 0.6 is 0 Å². The summed E-state index contributed by atoms with van der Waals surface area (Å²) in [4.78, 5) is 2.03. The second kappa shape index (κ2) is 5.12. The van der Waals surface area contributed by atoms with Crippen LogP contribution in [0.1, 0.15) is 24.8 Å². The van der Waals surface area contributed by atoms with Gasteiger partial charge in [0.1, 0.15) is 0 Å². The highest BCUT2D eigenvalue weighted by Crippen LogP contribution is 2.32. The van der Waals surface area contributed by atoms with E-state index in [2.05, 4.69) is 19.1 Å². The molecule has 0 saturated heterocycles. The molecule has 0 saturated carbocycles. The highest BCUT2D eigenvalue weighted by atomic mass is 32.2. The predicted molar refractivity (Wildman–Crippen MR) is 72.4 cm³/mol. The van der Waals surface area contributed by atoms with Gasteiger partial charge in [0.05, 0.1) is 5.75 Å². The lowest BCUT2D eigenvalue weighted by Crippen LogP contribution is -2.24. The van der Waals surface area contributed by atoms with Crippen molar-refractivity contribution in [2.45, 2.75) is 19.3 Å². The zero-order chi connectivity index (χ0) is 13.2. The quantitative estimate of drug-likeness (QED) is 0.851. The van der Waals surface area contributed by atoms with Gasteiger partial charge in [-0.25, -0.2) is 0 Å². The number of fused-ring (bicyclic) bond motifs is 1. The predicted octanol–water partition coefficient (Wildman–Crippen LogP) is 2.40. The summed E-state index contributed by atoms with van der Waals surface area (Å²) >= 11 is 0. The smallest absolute Gasteiger partial charge is 0.264 e. The van der Waals surface area contributed by atoms with E-state index in [0.29, 0.717) is 18.9 Å². The van der Waals surface area contributed by atoms with Gasteiger partial charge < -0.3 is 4.90 Å². The summed E-state index contributed by atoms with van der Waals surface area (Å²) in [5.41, 5.74) is 2.36. The molecule has 1 aliphatic rings. The molecule has 0 bridgehead atoms. The fraction of sp³-hybridized carbons (Fsp3) is 0.385. The van der Waals surface area contributed by atoms with E-state index >= 15 is 0 Å². The van der Waals surface area contributed by atoms with Crippen molar-refractivity contribution in [1.82, 2.24) is 0 Å². The Morgan fingerprint density at radius 1 is 1.33 bits per heavy atom. The molecule has 0 aromatic heterocycles. The SMILES string of the molecule is CC1C=CN(CCCS(=O)(=O)O)c2ccccc21. The molecule has 1 aromatic carbocycles. The number of benzene rings is 1. The standard InChI is InChI=1S/C13H17NO3S/c1-11-7-9-14(8-4-10-18(15,16)17)13-6-3-2-5-12(11)13/h2-3,5-7,9,11H,4,8,10H2,1H3,(H,15,16,17). The van der Waals surface area contributed by atoms with Crippen molar-refractivity contribution in [2.75, 3.05) is 17.2 Å². The lowest BCUT2D eigenvalue weighted by atomic mass is 9.96. The van der Waals surface area contributed by atoms with Crippen molar-refractivity contribution in [2.24, 2.45) is 0 Å². The van der Waals surface area contributed by atoms with Crippen molar-refractivity contribution < 1.29 is 13.0 Å². The van der Waals surface area contributed by atoms with Gasteiger partial charge in [0.2, 0.25) is 0 Å². The fourth-order valence-corrected chi connectivity index (χ4v) is 2.66. The molecule has 1 heterocycles. The molecule has 0 fully saturated rings. The number of nitrogens with zero attached hydrogens (tertiary/aromatic N) is 1. The summed E-state index contributed by atoms with van der Waals surface area (Å²) in [7, 11) is -3.86. The first-order valence-corrected chi connectivity index (χ1v) is 7.57. The maximum atomic E-state index is 10.7. The minimum Gasteiger partial charge on any atom is -0.348 e. The summed E-state index contributed by atoms with van der Waals surface area (Å²) in [6.07, 6.45) is 4.48. The van der Waals surface area contributed by atoms with Gasteiger partial charge in [-0.2, -0.15) is 8.42 Å². The van der Waals surface area contributed by atoms with Crippen LogP contribution in [0.5, 0.6) is 0 Å². The van der Waals surface area contributed by atoms with Crippen LogP contribution in [0.3, 0.4) is 0 Å². The van der Waals surface area contributed by atoms with Crippen LogP contribution in [-0.2, 0) is 10.1 Å². The van der Waals surface area contributed by atoms with Crippen molar-refractivity contribution in [3.8, 4) is 0 Å². The van der Waals surface area contributed by atoms with Gasteiger partial charge in [-0.05, 0) is 18.1 Å². The number of allylic oxidation sites excluding steroid dienone is 1. The third kappa shape index (κ3) is 3.11. The molecule has 1 atom stereocenters. The Bertz CT molecular complexity index is 551. The fourth-order valence-electron chi connectivity index (χ4n) is 2.16. The number of hydrogen-bond donors (Lipinski definition) is 1. The minimum absolute atomic E-state index is 0.199. The van der Waals surface area contributed by atoms with Crippen LogP contribution in [0.15, 0.2) is 36.5 Å². The second-order valence-electron chi connectivity index (χ2n) is 4.52. The van der Waals surface area contributed by atoms with Crippen LogP contribution in [-0.4, -0.2) is 25.3 Å². The van der Waals surface area contributed by atoms with Gasteiger partial charge in [-0.1, -0.05) is 31.2 Å². The molecule has 98 valence electrons. The maximum Gasteiger partial charge on any atom is 0.264 e. The Kier molecular flexibility index (Phi) is 3.73. The summed E-state index contributed by atoms with van der Waals surface area (Å²) in [5.74, 6) is 0.175. The zero-order valence-corrected chi connectivity index (χ0v) is 11.1. The first-order valence-electron chi connectivity index (χ1n) is 5.96. The molecule has 1 unspecified atom stereocenters. The van der Waals surface area contributed by atoms with Crippen LogP contribution in [0.2, 0.25) is 0 Å². The number of rotatable bonds is 4. The van der Waals surface area contributed by atoms with Gasteiger partial charge >= 0.3 is 0 Å². The van der Waals surface area contributed by atoms with Gasteiger partial charge in [-0.3, -0.25) is 4.55 Å². The van der Waals surface area contributed by atoms with E-state index in [4.69, 9.17) is 4.55 Å². The first kappa shape index (κ1) is 13.1. The molecular formula is C13H17NO3S. The highest BCUT2D eigenvalue weighted by molar-refractivity contribution is 7.85. The summed E-state index contributed by atoms with van der Waals surface area (Å²) in [6, 6.07) is 8.09. The molecule has 2 rings (SSSR count). The largest absolute Gasteiger partial charge is 0.348 e. The Morgan fingerprint density at radius 2 is 2.06 bits per heavy atom. The van der Waals surface area contributed by atoms with E-state index in [1.54, 1.807) is 0 Å². The Labute approximate surface area is 108 Å². The van der Waals surface area contributed by atoms with E-state index in [1.165, 1.54) is 5.56 Å². The third-order valence-corrected chi connectivity index (χ3v) is 3.90. The lowest BCUT2D eigenvalue weighted by Gasteiger charge is -2.29. The second-order valence-corrected chi connectivity index (χ2v) is 6.09. The van der Waals surface area contributed by atoms with Crippen molar-refractivity contribution >= 4 is 15.8 Å². The third-order valence-electron chi connectivity index (χ3n) is 3.09. The van der Waals surface area contributed by atoms with Gasteiger partial charge in [0, 0.05) is 24.4 Å². The van der Waals surface area contributed by atoms with E-state index in [1.807, 2.05) is 29.3 Å². The van der Waals surface area contributed by atoms with E-state index in [0.717, 1.165) is 5.69 Å². The summed E-state index contributed by atoms with van der Waals surface area (Å²) in [6.45, 7) is 2.71. The molecular weight excluding hydrogens is 250 g/mol. The molecule has 0 radical (unpaired) electrons. The minimum atomic E-state index is -3.86. The molecule has 4 nitrogen and oxygen atoms in total. The first-order chi connectivity index (χ1) is 8.47. The molecule has 1 aliphatic heterocycles. The lowest BCUT2D eigenvalue weighted by molar-refractivity contribution is 0.481. The number of para-hydroxylation sites is 1. The van der Waals surface area contributed by atoms with E-state index < -0.39 is 10.1 Å². The topological polar surface area (TPSA) is 57.6 Å².